The van der Waals surface area contributed by atoms with E-state index in [9.17, 15) is 5.11 Å². The number of nitrogens with one attached hydrogen (secondary N) is 1. The number of hydrogen-bond acceptors (Lipinski definition) is 2. The summed E-state index contributed by atoms with van der Waals surface area (Å²) in [5.41, 5.74) is 4.08. The fraction of sp³-hybridized carbons (Fsp3) is 0.333. The van der Waals surface area contributed by atoms with Gasteiger partial charge in [0.1, 0.15) is 0 Å². The van der Waals surface area contributed by atoms with E-state index in [4.69, 9.17) is 0 Å². The minimum absolute atomic E-state index is 0.0338. The molecule has 0 aliphatic heterocycles. The van der Waals surface area contributed by atoms with E-state index in [-0.39, 0.29) is 12.6 Å². The van der Waals surface area contributed by atoms with Gasteiger partial charge in [-0.3, -0.25) is 0 Å². The molecule has 0 spiro atoms. The fourth-order valence-electron chi connectivity index (χ4n) is 3.06. The summed E-state index contributed by atoms with van der Waals surface area (Å²) in [7, 11) is 0. The first-order valence-corrected chi connectivity index (χ1v) is 7.35. The molecule has 0 fully saturated rings. The second kappa shape index (κ2) is 6.21. The molecule has 1 unspecified atom stereocenters. The van der Waals surface area contributed by atoms with Gasteiger partial charge in [-0.05, 0) is 36.0 Å². The molecule has 1 aliphatic rings. The Morgan fingerprint density at radius 2 is 1.70 bits per heavy atom. The van der Waals surface area contributed by atoms with Crippen molar-refractivity contribution in [3.63, 3.8) is 0 Å². The number of hydrogen-bond donors (Lipinski definition) is 2. The van der Waals surface area contributed by atoms with Crippen LogP contribution in [0.5, 0.6) is 0 Å². The van der Waals surface area contributed by atoms with Gasteiger partial charge in [0, 0.05) is 6.04 Å². The molecule has 1 aliphatic carbocycles. The van der Waals surface area contributed by atoms with Crippen LogP contribution in [0.3, 0.4) is 0 Å². The van der Waals surface area contributed by atoms with Gasteiger partial charge in [0.05, 0.1) is 12.6 Å². The Hall–Kier alpha value is -1.64. The molecule has 2 atom stereocenters. The lowest BCUT2D eigenvalue weighted by atomic mass is 9.87. The molecule has 2 aromatic carbocycles. The third-order valence-corrected chi connectivity index (χ3v) is 4.17. The topological polar surface area (TPSA) is 32.3 Å². The highest BCUT2D eigenvalue weighted by molar-refractivity contribution is 5.30. The summed E-state index contributed by atoms with van der Waals surface area (Å²) in [4.78, 5) is 0. The average molecular weight is 267 g/mol. The van der Waals surface area contributed by atoms with Crippen LogP contribution in [-0.2, 0) is 12.8 Å². The molecular formula is C18H21NO. The SMILES string of the molecule is OC[C@H](NC1CCc2ccccc2C1)c1ccccc1. The summed E-state index contributed by atoms with van der Waals surface area (Å²) in [6.45, 7) is 0.141. The van der Waals surface area contributed by atoms with Crippen molar-refractivity contribution in [1.29, 1.82) is 0 Å². The minimum Gasteiger partial charge on any atom is -0.394 e. The lowest BCUT2D eigenvalue weighted by Crippen LogP contribution is -2.38. The highest BCUT2D eigenvalue weighted by Gasteiger charge is 2.21. The third kappa shape index (κ3) is 2.92. The van der Waals surface area contributed by atoms with Crippen molar-refractivity contribution in [2.45, 2.75) is 31.3 Å². The Morgan fingerprint density at radius 3 is 2.45 bits per heavy atom. The molecule has 0 saturated heterocycles. The summed E-state index contributed by atoms with van der Waals surface area (Å²) in [6, 6.07) is 19.4. The zero-order valence-corrected chi connectivity index (χ0v) is 11.6. The number of rotatable bonds is 4. The molecule has 2 heteroatoms. The molecule has 104 valence electrons. The van der Waals surface area contributed by atoms with Gasteiger partial charge >= 0.3 is 0 Å². The minimum atomic E-state index is 0.0338. The molecule has 0 bridgehead atoms. The van der Waals surface area contributed by atoms with Crippen molar-refractivity contribution in [2.24, 2.45) is 0 Å². The van der Waals surface area contributed by atoms with Gasteiger partial charge in [-0.15, -0.1) is 0 Å². The zero-order valence-electron chi connectivity index (χ0n) is 11.6. The lowest BCUT2D eigenvalue weighted by Gasteiger charge is -2.29. The van der Waals surface area contributed by atoms with Gasteiger partial charge in [0.15, 0.2) is 0 Å². The third-order valence-electron chi connectivity index (χ3n) is 4.17. The highest BCUT2D eigenvalue weighted by Crippen LogP contribution is 2.23. The predicted molar refractivity (Wildman–Crippen MR) is 81.7 cm³/mol. The molecule has 0 saturated carbocycles. The van der Waals surface area contributed by atoms with Gasteiger partial charge in [-0.1, -0.05) is 54.6 Å². The molecular weight excluding hydrogens is 246 g/mol. The summed E-state index contributed by atoms with van der Waals surface area (Å²) in [5, 5.41) is 13.3. The molecule has 0 aromatic heterocycles. The van der Waals surface area contributed by atoms with Gasteiger partial charge in [0.2, 0.25) is 0 Å². The number of aliphatic hydroxyl groups excluding tert-OH is 1. The van der Waals surface area contributed by atoms with E-state index in [1.54, 1.807) is 0 Å². The van der Waals surface area contributed by atoms with E-state index in [1.165, 1.54) is 11.1 Å². The number of aliphatic hydroxyl groups is 1. The van der Waals surface area contributed by atoms with Crippen molar-refractivity contribution in [1.82, 2.24) is 5.32 Å². The molecule has 3 rings (SSSR count). The van der Waals surface area contributed by atoms with Crippen LogP contribution in [0, 0.1) is 0 Å². The van der Waals surface area contributed by atoms with Crippen LogP contribution >= 0.6 is 0 Å². The largest absolute Gasteiger partial charge is 0.394 e. The molecule has 20 heavy (non-hydrogen) atoms. The van der Waals surface area contributed by atoms with Crippen LogP contribution < -0.4 is 5.32 Å². The normalized spacial score (nSPS) is 19.4. The van der Waals surface area contributed by atoms with Crippen molar-refractivity contribution in [2.75, 3.05) is 6.61 Å². The Balaban J connectivity index is 1.69. The van der Waals surface area contributed by atoms with E-state index in [0.29, 0.717) is 6.04 Å². The van der Waals surface area contributed by atoms with Crippen LogP contribution in [0.2, 0.25) is 0 Å². The quantitative estimate of drug-likeness (QED) is 0.893. The van der Waals surface area contributed by atoms with E-state index in [1.807, 2.05) is 18.2 Å². The first kappa shape index (κ1) is 13.3. The van der Waals surface area contributed by atoms with E-state index in [2.05, 4.69) is 41.7 Å². The summed E-state index contributed by atoms with van der Waals surface area (Å²) in [6.07, 6.45) is 3.32. The van der Waals surface area contributed by atoms with Crippen LogP contribution in [0.15, 0.2) is 54.6 Å². The van der Waals surface area contributed by atoms with E-state index >= 15 is 0 Å². The second-order valence-corrected chi connectivity index (χ2v) is 5.52. The van der Waals surface area contributed by atoms with Crippen molar-refractivity contribution in [3.05, 3.63) is 71.3 Å². The Morgan fingerprint density at radius 1 is 1.00 bits per heavy atom. The predicted octanol–water partition coefficient (Wildman–Crippen LogP) is 2.87. The van der Waals surface area contributed by atoms with Gasteiger partial charge in [0.25, 0.3) is 0 Å². The monoisotopic (exact) mass is 267 g/mol. The number of benzene rings is 2. The van der Waals surface area contributed by atoms with Crippen LogP contribution in [-0.4, -0.2) is 17.8 Å². The maximum Gasteiger partial charge on any atom is 0.0626 e. The Bertz CT molecular complexity index is 552. The highest BCUT2D eigenvalue weighted by atomic mass is 16.3. The first-order chi connectivity index (χ1) is 9.86. The Labute approximate surface area is 120 Å². The van der Waals surface area contributed by atoms with Crippen molar-refractivity contribution >= 4 is 0 Å². The fourth-order valence-corrected chi connectivity index (χ4v) is 3.06. The van der Waals surface area contributed by atoms with Crippen LogP contribution in [0.25, 0.3) is 0 Å². The van der Waals surface area contributed by atoms with E-state index < -0.39 is 0 Å². The summed E-state index contributed by atoms with van der Waals surface area (Å²) in [5.74, 6) is 0. The van der Waals surface area contributed by atoms with E-state index in [0.717, 1.165) is 24.8 Å². The first-order valence-electron chi connectivity index (χ1n) is 7.35. The summed E-state index contributed by atoms with van der Waals surface area (Å²) >= 11 is 0. The van der Waals surface area contributed by atoms with Gasteiger partial charge in [-0.25, -0.2) is 0 Å². The smallest absolute Gasteiger partial charge is 0.0626 e. The zero-order chi connectivity index (χ0) is 13.8. The van der Waals surface area contributed by atoms with Crippen molar-refractivity contribution in [3.8, 4) is 0 Å². The standard InChI is InChI=1S/C18H21NO/c20-13-18(15-7-2-1-3-8-15)19-17-11-10-14-6-4-5-9-16(14)12-17/h1-9,17-20H,10-13H2/t17?,18-/m0/s1. The second-order valence-electron chi connectivity index (χ2n) is 5.52. The van der Waals surface area contributed by atoms with Crippen molar-refractivity contribution < 1.29 is 5.11 Å². The molecule has 0 amide bonds. The lowest BCUT2D eigenvalue weighted by molar-refractivity contribution is 0.228. The maximum atomic E-state index is 9.64. The molecule has 2 nitrogen and oxygen atoms in total. The average Bonchev–Trinajstić information content (AvgIpc) is 2.53. The molecule has 0 radical (unpaired) electrons. The molecule has 0 heterocycles. The number of fused-ring (bicyclic) bond motifs is 1. The van der Waals surface area contributed by atoms with Crippen LogP contribution in [0.1, 0.15) is 29.2 Å². The molecule has 2 aromatic rings. The van der Waals surface area contributed by atoms with Gasteiger partial charge < -0.3 is 10.4 Å². The molecule has 2 N–H and O–H groups in total. The van der Waals surface area contributed by atoms with Crippen LogP contribution in [0.4, 0.5) is 0 Å². The Kier molecular flexibility index (Phi) is 4.14. The maximum absolute atomic E-state index is 9.64. The van der Waals surface area contributed by atoms with Gasteiger partial charge in [-0.2, -0.15) is 0 Å². The number of aryl methyl sites for hydroxylation is 1. The summed E-state index contributed by atoms with van der Waals surface area (Å²) < 4.78 is 0.